The maximum Gasteiger partial charge on any atom is 0.315 e. The average molecular weight is 447 g/mol. The Bertz CT molecular complexity index is 848. The Morgan fingerprint density at radius 3 is 2.68 bits per heavy atom. The minimum absolute atomic E-state index is 0.225. The smallest absolute Gasteiger partial charge is 0.315 e. The van der Waals surface area contributed by atoms with E-state index in [-0.39, 0.29) is 5.97 Å². The van der Waals surface area contributed by atoms with E-state index in [0.717, 1.165) is 47.3 Å². The van der Waals surface area contributed by atoms with Crippen molar-refractivity contribution in [3.63, 3.8) is 0 Å². The number of nitrogens with zero attached hydrogens (tertiary/aromatic N) is 3. The predicted molar refractivity (Wildman–Crippen MR) is 115 cm³/mol. The first-order valence-corrected chi connectivity index (χ1v) is 10.3. The van der Waals surface area contributed by atoms with Gasteiger partial charge in [-0.3, -0.25) is 4.79 Å². The van der Waals surface area contributed by atoms with Crippen LogP contribution in [0.15, 0.2) is 34.9 Å². The third kappa shape index (κ3) is 4.46. The Morgan fingerprint density at radius 1 is 1.32 bits per heavy atom. The maximum atomic E-state index is 12.1. The van der Waals surface area contributed by atoms with Crippen LogP contribution in [0.1, 0.15) is 37.9 Å². The summed E-state index contributed by atoms with van der Waals surface area (Å²) >= 11 is 3.43. The second-order valence-electron chi connectivity index (χ2n) is 7.70. The molecule has 1 N–H and O–H groups in total. The highest BCUT2D eigenvalue weighted by molar-refractivity contribution is 9.10. The van der Waals surface area contributed by atoms with E-state index in [4.69, 9.17) is 4.74 Å². The molecule has 28 heavy (non-hydrogen) atoms. The molecule has 1 aromatic carbocycles. The van der Waals surface area contributed by atoms with Crippen LogP contribution < -0.4 is 10.2 Å². The summed E-state index contributed by atoms with van der Waals surface area (Å²) in [7, 11) is 1.43. The topological polar surface area (TPSA) is 67.3 Å². The molecule has 1 fully saturated rings. The number of piperidine rings is 1. The highest BCUT2D eigenvalue weighted by Crippen LogP contribution is 2.29. The Balaban J connectivity index is 1.64. The monoisotopic (exact) mass is 446 g/mol. The van der Waals surface area contributed by atoms with Crippen LogP contribution in [-0.2, 0) is 14.9 Å². The number of rotatable bonds is 5. The van der Waals surface area contributed by atoms with Gasteiger partial charge in [0.1, 0.15) is 0 Å². The summed E-state index contributed by atoms with van der Waals surface area (Å²) in [5, 5.41) is 3.45. The van der Waals surface area contributed by atoms with Crippen molar-refractivity contribution in [2.45, 2.75) is 45.1 Å². The van der Waals surface area contributed by atoms with Crippen LogP contribution in [0.2, 0.25) is 0 Å². The number of esters is 1. The zero-order valence-corrected chi connectivity index (χ0v) is 18.4. The largest absolute Gasteiger partial charge is 0.468 e. The van der Waals surface area contributed by atoms with Gasteiger partial charge in [-0.2, -0.15) is 0 Å². The fourth-order valence-electron chi connectivity index (χ4n) is 3.45. The van der Waals surface area contributed by atoms with Gasteiger partial charge in [0, 0.05) is 31.0 Å². The van der Waals surface area contributed by atoms with Crippen LogP contribution in [0.3, 0.4) is 0 Å². The minimum atomic E-state index is -0.665. The van der Waals surface area contributed by atoms with Crippen molar-refractivity contribution in [1.82, 2.24) is 9.97 Å². The number of aromatic nitrogens is 2. The predicted octanol–water partition coefficient (Wildman–Crippen LogP) is 4.08. The molecule has 1 aliphatic rings. The number of halogens is 1. The molecule has 1 aromatic heterocycles. The average Bonchev–Trinajstić information content (AvgIpc) is 2.70. The molecule has 2 heterocycles. The number of nitrogens with one attached hydrogen (secondary N) is 1. The number of carbonyl (C=O) groups excluding carboxylic acids is 1. The molecule has 0 amide bonds. The number of methoxy groups -OCH3 is 1. The van der Waals surface area contributed by atoms with Gasteiger partial charge >= 0.3 is 5.97 Å². The van der Waals surface area contributed by atoms with Crippen LogP contribution in [0.5, 0.6) is 0 Å². The number of carbonyl (C=O) groups is 1. The number of hydrogen-bond donors (Lipinski definition) is 1. The SMILES string of the molecule is COC(=O)C(C)(C)c1cccc(N2CCC(Nc3ncc(Br)c(C)n3)CC2)c1. The van der Waals surface area contributed by atoms with Gasteiger partial charge in [0.2, 0.25) is 5.95 Å². The lowest BCUT2D eigenvalue weighted by Crippen LogP contribution is -2.39. The van der Waals surface area contributed by atoms with Gasteiger partial charge in [0.15, 0.2) is 0 Å². The lowest BCUT2D eigenvalue weighted by Gasteiger charge is -2.34. The van der Waals surface area contributed by atoms with Crippen LogP contribution in [0.25, 0.3) is 0 Å². The second-order valence-corrected chi connectivity index (χ2v) is 8.55. The van der Waals surface area contributed by atoms with E-state index >= 15 is 0 Å². The molecule has 6 nitrogen and oxygen atoms in total. The molecule has 0 radical (unpaired) electrons. The molecule has 0 saturated carbocycles. The quantitative estimate of drug-likeness (QED) is 0.697. The number of ether oxygens (including phenoxy) is 1. The van der Waals surface area contributed by atoms with Crippen LogP contribution in [0.4, 0.5) is 11.6 Å². The van der Waals surface area contributed by atoms with E-state index in [1.807, 2.05) is 32.9 Å². The summed E-state index contributed by atoms with van der Waals surface area (Å²) < 4.78 is 5.88. The van der Waals surface area contributed by atoms with E-state index in [1.54, 1.807) is 6.20 Å². The first-order chi connectivity index (χ1) is 13.3. The van der Waals surface area contributed by atoms with Crippen LogP contribution >= 0.6 is 15.9 Å². The Kier molecular flexibility index (Phi) is 6.23. The van der Waals surface area contributed by atoms with E-state index in [2.05, 4.69) is 48.2 Å². The summed E-state index contributed by atoms with van der Waals surface area (Å²) in [5.74, 6) is 0.457. The second kappa shape index (κ2) is 8.47. The molecular formula is C21H27BrN4O2. The summed E-state index contributed by atoms with van der Waals surface area (Å²) in [6, 6.07) is 8.56. The normalized spacial score (nSPS) is 15.4. The number of hydrogen-bond acceptors (Lipinski definition) is 6. The van der Waals surface area contributed by atoms with Crippen molar-refractivity contribution in [1.29, 1.82) is 0 Å². The molecule has 150 valence electrons. The molecule has 0 aliphatic carbocycles. The lowest BCUT2D eigenvalue weighted by atomic mass is 9.84. The van der Waals surface area contributed by atoms with Crippen molar-refractivity contribution < 1.29 is 9.53 Å². The first kappa shape index (κ1) is 20.6. The fourth-order valence-corrected chi connectivity index (χ4v) is 3.64. The highest BCUT2D eigenvalue weighted by Gasteiger charge is 2.31. The van der Waals surface area contributed by atoms with Gasteiger partial charge < -0.3 is 15.0 Å². The van der Waals surface area contributed by atoms with E-state index in [9.17, 15) is 4.79 Å². The van der Waals surface area contributed by atoms with Crippen molar-refractivity contribution in [3.8, 4) is 0 Å². The molecule has 0 unspecified atom stereocenters. The van der Waals surface area contributed by atoms with Crippen molar-refractivity contribution >= 4 is 33.5 Å². The number of aryl methyl sites for hydroxylation is 1. The summed E-state index contributed by atoms with van der Waals surface area (Å²) in [6.45, 7) is 7.63. The van der Waals surface area contributed by atoms with Gasteiger partial charge in [0.25, 0.3) is 0 Å². The van der Waals surface area contributed by atoms with E-state index in [1.165, 1.54) is 7.11 Å². The molecule has 3 rings (SSSR count). The molecule has 0 atom stereocenters. The van der Waals surface area contributed by atoms with Crippen LogP contribution in [0, 0.1) is 6.92 Å². The van der Waals surface area contributed by atoms with Gasteiger partial charge in [0.05, 0.1) is 22.7 Å². The van der Waals surface area contributed by atoms with Gasteiger partial charge in [-0.1, -0.05) is 12.1 Å². The van der Waals surface area contributed by atoms with Crippen molar-refractivity contribution in [2.75, 3.05) is 30.4 Å². The summed E-state index contributed by atoms with van der Waals surface area (Å²) in [4.78, 5) is 23.3. The van der Waals surface area contributed by atoms with Crippen molar-refractivity contribution in [3.05, 3.63) is 46.2 Å². The highest BCUT2D eigenvalue weighted by atomic mass is 79.9. The van der Waals surface area contributed by atoms with E-state index in [0.29, 0.717) is 12.0 Å². The zero-order valence-electron chi connectivity index (χ0n) is 16.8. The summed E-state index contributed by atoms with van der Waals surface area (Å²) in [5.41, 5.74) is 2.38. The molecular weight excluding hydrogens is 420 g/mol. The minimum Gasteiger partial charge on any atom is -0.468 e. The Labute approximate surface area is 174 Å². The molecule has 1 saturated heterocycles. The lowest BCUT2D eigenvalue weighted by molar-refractivity contribution is -0.146. The fraction of sp³-hybridized carbons (Fsp3) is 0.476. The van der Waals surface area contributed by atoms with E-state index < -0.39 is 5.41 Å². The van der Waals surface area contributed by atoms with Gasteiger partial charge in [-0.05, 0) is 67.2 Å². The summed E-state index contributed by atoms with van der Waals surface area (Å²) in [6.07, 6.45) is 3.79. The standard InChI is InChI=1S/C21H27BrN4O2/c1-14-18(22)13-23-20(24-14)25-16-8-10-26(11-9-16)17-7-5-6-15(12-17)21(2,3)19(27)28-4/h5-7,12-13,16H,8-11H2,1-4H3,(H,23,24,25). The molecule has 0 spiro atoms. The zero-order chi connectivity index (χ0) is 20.3. The molecule has 0 bridgehead atoms. The van der Waals surface area contributed by atoms with Gasteiger partial charge in [-0.25, -0.2) is 9.97 Å². The van der Waals surface area contributed by atoms with Gasteiger partial charge in [-0.15, -0.1) is 0 Å². The first-order valence-electron chi connectivity index (χ1n) is 9.51. The third-order valence-corrected chi connectivity index (χ3v) is 6.15. The maximum absolute atomic E-state index is 12.1. The van der Waals surface area contributed by atoms with Crippen LogP contribution in [-0.4, -0.2) is 42.2 Å². The Morgan fingerprint density at radius 2 is 2.04 bits per heavy atom. The third-order valence-electron chi connectivity index (χ3n) is 5.38. The molecule has 1 aliphatic heterocycles. The Hall–Kier alpha value is -2.15. The molecule has 2 aromatic rings. The molecule has 7 heteroatoms. The number of benzene rings is 1. The number of anilines is 2. The van der Waals surface area contributed by atoms with Crippen molar-refractivity contribution in [2.24, 2.45) is 0 Å².